The second-order valence-corrected chi connectivity index (χ2v) is 4.61. The average molecular weight is 265 g/mol. The lowest BCUT2D eigenvalue weighted by Gasteiger charge is -2.13. The van der Waals surface area contributed by atoms with Crippen molar-refractivity contribution in [2.75, 3.05) is 6.61 Å². The molecule has 0 fully saturated rings. The van der Waals surface area contributed by atoms with Crippen molar-refractivity contribution in [3.8, 4) is 0 Å². The molecule has 1 aliphatic heterocycles. The number of fused-ring (bicyclic) bond motifs is 1. The summed E-state index contributed by atoms with van der Waals surface area (Å²) in [6, 6.07) is 17.5. The summed E-state index contributed by atoms with van der Waals surface area (Å²) in [5.41, 5.74) is 3.50. The van der Waals surface area contributed by atoms with Crippen LogP contribution in [0.5, 0.6) is 0 Å². The highest BCUT2D eigenvalue weighted by Gasteiger charge is 2.34. The zero-order chi connectivity index (χ0) is 13.9. The molecule has 0 radical (unpaired) electrons. The summed E-state index contributed by atoms with van der Waals surface area (Å²) in [6.45, 7) is 2.19. The lowest BCUT2D eigenvalue weighted by atomic mass is 9.92. The Morgan fingerprint density at radius 1 is 1.10 bits per heavy atom. The number of carbonyl (C=O) groups is 1. The third-order valence-electron chi connectivity index (χ3n) is 3.35. The van der Waals surface area contributed by atoms with Gasteiger partial charge in [-0.3, -0.25) is 9.79 Å². The Bertz CT molecular complexity index is 662. The molecule has 1 atom stereocenters. The Kier molecular flexibility index (Phi) is 3.33. The van der Waals surface area contributed by atoms with Crippen molar-refractivity contribution < 1.29 is 9.53 Å². The fourth-order valence-electron chi connectivity index (χ4n) is 2.48. The lowest BCUT2D eigenvalue weighted by Crippen LogP contribution is -2.22. The molecule has 1 aliphatic rings. The van der Waals surface area contributed by atoms with Gasteiger partial charge in [0.05, 0.1) is 18.0 Å². The number of hydrogen-bond donors (Lipinski definition) is 0. The summed E-state index contributed by atoms with van der Waals surface area (Å²) in [5.74, 6) is -0.659. The molecule has 3 rings (SSSR count). The first-order chi connectivity index (χ1) is 9.81. The molecule has 3 nitrogen and oxygen atoms in total. The van der Waals surface area contributed by atoms with E-state index in [0.29, 0.717) is 6.61 Å². The molecule has 2 aromatic carbocycles. The van der Waals surface area contributed by atoms with Crippen LogP contribution >= 0.6 is 0 Å². The molecule has 0 saturated heterocycles. The predicted molar refractivity (Wildman–Crippen MR) is 78.5 cm³/mol. The number of rotatable bonds is 3. The molecule has 1 heterocycles. The number of nitrogens with zero attached hydrogens (tertiary/aromatic N) is 1. The molecule has 0 amide bonds. The van der Waals surface area contributed by atoms with E-state index in [0.717, 1.165) is 22.5 Å². The Morgan fingerprint density at radius 3 is 2.55 bits per heavy atom. The van der Waals surface area contributed by atoms with E-state index >= 15 is 0 Å². The Hall–Kier alpha value is -2.42. The van der Waals surface area contributed by atoms with E-state index in [4.69, 9.17) is 4.74 Å². The first-order valence-electron chi connectivity index (χ1n) is 6.71. The van der Waals surface area contributed by atoms with Crippen molar-refractivity contribution in [1.29, 1.82) is 0 Å². The minimum atomic E-state index is -0.423. The number of esters is 1. The van der Waals surface area contributed by atoms with Crippen molar-refractivity contribution in [3.05, 3.63) is 65.7 Å². The van der Waals surface area contributed by atoms with E-state index in [9.17, 15) is 4.79 Å². The van der Waals surface area contributed by atoms with E-state index < -0.39 is 5.92 Å². The molecule has 0 aromatic heterocycles. The topological polar surface area (TPSA) is 38.7 Å². The third kappa shape index (κ3) is 2.11. The van der Waals surface area contributed by atoms with Crippen LogP contribution in [0.2, 0.25) is 0 Å². The van der Waals surface area contributed by atoms with Gasteiger partial charge in [-0.1, -0.05) is 48.5 Å². The molecular weight excluding hydrogens is 250 g/mol. The van der Waals surface area contributed by atoms with Gasteiger partial charge in [0.2, 0.25) is 0 Å². The second kappa shape index (κ2) is 5.29. The number of para-hydroxylation sites is 1. The van der Waals surface area contributed by atoms with Gasteiger partial charge in [0.1, 0.15) is 5.92 Å². The lowest BCUT2D eigenvalue weighted by molar-refractivity contribution is -0.143. The summed E-state index contributed by atoms with van der Waals surface area (Å²) in [7, 11) is 0. The van der Waals surface area contributed by atoms with E-state index in [2.05, 4.69) is 4.99 Å². The molecule has 2 aromatic rings. The molecule has 0 bridgehead atoms. The van der Waals surface area contributed by atoms with Crippen LogP contribution in [-0.4, -0.2) is 18.3 Å². The number of carbonyl (C=O) groups excluding carboxylic acids is 1. The summed E-state index contributed by atoms with van der Waals surface area (Å²) in [4.78, 5) is 16.9. The highest BCUT2D eigenvalue weighted by Crippen LogP contribution is 2.38. The number of benzene rings is 2. The first-order valence-corrected chi connectivity index (χ1v) is 6.71. The van der Waals surface area contributed by atoms with Gasteiger partial charge in [0, 0.05) is 0 Å². The van der Waals surface area contributed by atoms with Gasteiger partial charge in [0.25, 0.3) is 0 Å². The smallest absolute Gasteiger partial charge is 0.319 e. The molecule has 0 N–H and O–H groups in total. The third-order valence-corrected chi connectivity index (χ3v) is 3.35. The van der Waals surface area contributed by atoms with Gasteiger partial charge < -0.3 is 4.74 Å². The van der Waals surface area contributed by atoms with E-state index in [-0.39, 0.29) is 5.97 Å². The van der Waals surface area contributed by atoms with Gasteiger partial charge in [-0.25, -0.2) is 0 Å². The van der Waals surface area contributed by atoms with Crippen molar-refractivity contribution in [2.45, 2.75) is 12.8 Å². The average Bonchev–Trinajstić information content (AvgIpc) is 2.88. The Labute approximate surface area is 117 Å². The largest absolute Gasteiger partial charge is 0.465 e. The maximum atomic E-state index is 12.3. The number of ether oxygens (including phenoxy) is 1. The maximum Gasteiger partial charge on any atom is 0.319 e. The zero-order valence-corrected chi connectivity index (χ0v) is 11.2. The van der Waals surface area contributed by atoms with Crippen LogP contribution in [0.3, 0.4) is 0 Å². The highest BCUT2D eigenvalue weighted by atomic mass is 16.5. The fourth-order valence-corrected chi connectivity index (χ4v) is 2.48. The van der Waals surface area contributed by atoms with Crippen LogP contribution in [0.4, 0.5) is 5.69 Å². The van der Waals surface area contributed by atoms with E-state index in [1.54, 1.807) is 0 Å². The minimum Gasteiger partial charge on any atom is -0.465 e. The minimum absolute atomic E-state index is 0.236. The summed E-state index contributed by atoms with van der Waals surface area (Å²) < 4.78 is 5.21. The molecule has 0 aliphatic carbocycles. The van der Waals surface area contributed by atoms with Crippen LogP contribution < -0.4 is 0 Å². The van der Waals surface area contributed by atoms with Crippen LogP contribution in [0.25, 0.3) is 0 Å². The molecule has 0 unspecified atom stereocenters. The van der Waals surface area contributed by atoms with E-state index in [1.165, 1.54) is 0 Å². The van der Waals surface area contributed by atoms with Crippen molar-refractivity contribution in [3.63, 3.8) is 0 Å². The highest BCUT2D eigenvalue weighted by molar-refractivity contribution is 6.19. The van der Waals surface area contributed by atoms with Crippen molar-refractivity contribution in [2.24, 2.45) is 4.99 Å². The second-order valence-electron chi connectivity index (χ2n) is 4.61. The van der Waals surface area contributed by atoms with Crippen LogP contribution in [0, 0.1) is 0 Å². The molecule has 20 heavy (non-hydrogen) atoms. The number of aliphatic imine (C=N–C) groups is 1. The molecule has 3 heteroatoms. The molecule has 100 valence electrons. The summed E-state index contributed by atoms with van der Waals surface area (Å²) >= 11 is 0. The Balaban J connectivity index is 2.07. The van der Waals surface area contributed by atoms with Gasteiger partial charge in [-0.15, -0.1) is 0 Å². The van der Waals surface area contributed by atoms with Crippen molar-refractivity contribution >= 4 is 17.4 Å². The zero-order valence-electron chi connectivity index (χ0n) is 11.2. The van der Waals surface area contributed by atoms with E-state index in [1.807, 2.05) is 61.5 Å². The standard InChI is InChI=1S/C17H15NO2/c1-2-20-17(19)15-13-10-6-7-11-14(13)18-16(15)12-8-4-3-5-9-12/h3-11,15H,2H2,1H3/t15-/m1/s1. The normalized spacial score (nSPS) is 16.4. The fraction of sp³-hybridized carbons (Fsp3) is 0.176. The number of hydrogen-bond acceptors (Lipinski definition) is 3. The molecular formula is C17H15NO2. The van der Waals surface area contributed by atoms with Gasteiger partial charge in [0.15, 0.2) is 0 Å². The van der Waals surface area contributed by atoms with Crippen LogP contribution in [0.1, 0.15) is 24.0 Å². The quantitative estimate of drug-likeness (QED) is 0.797. The monoisotopic (exact) mass is 265 g/mol. The summed E-state index contributed by atoms with van der Waals surface area (Å²) in [6.07, 6.45) is 0. The maximum absolute atomic E-state index is 12.3. The predicted octanol–water partition coefficient (Wildman–Crippen LogP) is 3.47. The first kappa shape index (κ1) is 12.6. The summed E-state index contributed by atoms with van der Waals surface area (Å²) in [5, 5.41) is 0. The SMILES string of the molecule is CCOC(=O)[C@H]1C(c2ccccc2)=Nc2ccccc21. The molecule has 0 saturated carbocycles. The Morgan fingerprint density at radius 2 is 1.80 bits per heavy atom. The van der Waals surface area contributed by atoms with Crippen LogP contribution in [0.15, 0.2) is 59.6 Å². The van der Waals surface area contributed by atoms with Crippen molar-refractivity contribution in [1.82, 2.24) is 0 Å². The van der Waals surface area contributed by atoms with Gasteiger partial charge >= 0.3 is 5.97 Å². The molecule has 0 spiro atoms. The van der Waals surface area contributed by atoms with Gasteiger partial charge in [-0.05, 0) is 24.1 Å². The van der Waals surface area contributed by atoms with Gasteiger partial charge in [-0.2, -0.15) is 0 Å². The van der Waals surface area contributed by atoms with Crippen LogP contribution in [-0.2, 0) is 9.53 Å².